The fourth-order valence-electron chi connectivity index (χ4n) is 3.52. The van der Waals surface area contributed by atoms with Crippen molar-refractivity contribution in [1.29, 1.82) is 0 Å². The van der Waals surface area contributed by atoms with Crippen LogP contribution >= 0.6 is 0 Å². The highest BCUT2D eigenvalue weighted by atomic mass is 16.1. The molecule has 0 atom stereocenters. The van der Waals surface area contributed by atoms with Crippen LogP contribution in [0.4, 0.5) is 0 Å². The van der Waals surface area contributed by atoms with Crippen molar-refractivity contribution in [3.05, 3.63) is 35.4 Å². The maximum atomic E-state index is 11.8. The van der Waals surface area contributed by atoms with Crippen LogP contribution in [-0.2, 0) is 6.54 Å². The number of hydrogen-bond donors (Lipinski definition) is 3. The van der Waals surface area contributed by atoms with Crippen LogP contribution in [0.25, 0.3) is 0 Å². The van der Waals surface area contributed by atoms with E-state index in [0.29, 0.717) is 18.7 Å². The van der Waals surface area contributed by atoms with Gasteiger partial charge in [-0.2, -0.15) is 0 Å². The van der Waals surface area contributed by atoms with Gasteiger partial charge in [-0.25, -0.2) is 0 Å². The molecule has 26 heavy (non-hydrogen) atoms. The molecule has 1 fully saturated rings. The summed E-state index contributed by atoms with van der Waals surface area (Å²) in [5, 5.41) is 9.55. The first-order valence-electron chi connectivity index (χ1n) is 10.0. The molecule has 1 saturated carbocycles. The molecule has 0 saturated heterocycles. The van der Waals surface area contributed by atoms with E-state index in [0.717, 1.165) is 24.0 Å². The van der Waals surface area contributed by atoms with Crippen LogP contribution in [0, 0.1) is 5.92 Å². The van der Waals surface area contributed by atoms with Crippen LogP contribution in [0.15, 0.2) is 29.3 Å². The minimum Gasteiger partial charge on any atom is -0.356 e. The maximum absolute atomic E-state index is 11.8. The molecule has 0 bridgehead atoms. The molecule has 0 heterocycles. The number of carbonyl (C=O) groups is 1. The Morgan fingerprint density at radius 2 is 1.81 bits per heavy atom. The Kier molecular flexibility index (Phi) is 9.01. The van der Waals surface area contributed by atoms with E-state index in [2.05, 4.69) is 20.9 Å². The van der Waals surface area contributed by atoms with Gasteiger partial charge in [-0.05, 0) is 43.4 Å². The summed E-state index contributed by atoms with van der Waals surface area (Å²) in [5.74, 6) is 1.74. The summed E-state index contributed by atoms with van der Waals surface area (Å²) >= 11 is 0. The Morgan fingerprint density at radius 3 is 2.46 bits per heavy atom. The average molecular weight is 359 g/mol. The fourth-order valence-corrected chi connectivity index (χ4v) is 3.52. The van der Waals surface area contributed by atoms with Crippen LogP contribution in [0.2, 0.25) is 0 Å². The smallest absolute Gasteiger partial charge is 0.251 e. The van der Waals surface area contributed by atoms with Gasteiger partial charge in [0.05, 0.1) is 0 Å². The van der Waals surface area contributed by atoms with E-state index in [1.54, 1.807) is 7.05 Å². The number of aliphatic imine (C=N–C) groups is 1. The second kappa shape index (κ2) is 11.6. The number of carbonyl (C=O) groups excluding carboxylic acids is 1. The number of nitrogens with one attached hydrogen (secondary N) is 3. The molecule has 5 heteroatoms. The molecule has 1 aliphatic rings. The number of amides is 1. The van der Waals surface area contributed by atoms with Crippen LogP contribution in [0.1, 0.15) is 67.8 Å². The number of guanidine groups is 1. The Hall–Kier alpha value is -2.04. The Balaban J connectivity index is 1.67. The summed E-state index contributed by atoms with van der Waals surface area (Å²) in [6.45, 7) is 4.22. The maximum Gasteiger partial charge on any atom is 0.251 e. The lowest BCUT2D eigenvalue weighted by Gasteiger charge is -2.21. The van der Waals surface area contributed by atoms with Gasteiger partial charge < -0.3 is 16.0 Å². The predicted octanol–water partition coefficient (Wildman–Crippen LogP) is 3.46. The molecular formula is C21H34N4O. The van der Waals surface area contributed by atoms with E-state index in [1.165, 1.54) is 44.9 Å². The zero-order valence-electron chi connectivity index (χ0n) is 16.3. The van der Waals surface area contributed by atoms with Crippen LogP contribution in [-0.4, -0.2) is 32.0 Å². The Labute approximate surface area is 158 Å². The summed E-state index contributed by atoms with van der Waals surface area (Å²) in [6, 6.07) is 7.69. The van der Waals surface area contributed by atoms with Crippen molar-refractivity contribution in [3.8, 4) is 0 Å². The van der Waals surface area contributed by atoms with Crippen molar-refractivity contribution < 1.29 is 4.79 Å². The van der Waals surface area contributed by atoms with E-state index < -0.39 is 0 Å². The quantitative estimate of drug-likeness (QED) is 0.379. The van der Waals surface area contributed by atoms with E-state index in [-0.39, 0.29) is 5.91 Å². The van der Waals surface area contributed by atoms with Gasteiger partial charge in [0.15, 0.2) is 5.96 Å². The van der Waals surface area contributed by atoms with E-state index in [4.69, 9.17) is 0 Å². The summed E-state index contributed by atoms with van der Waals surface area (Å²) in [6.07, 6.45) is 9.62. The van der Waals surface area contributed by atoms with Gasteiger partial charge in [-0.15, -0.1) is 0 Å². The van der Waals surface area contributed by atoms with Gasteiger partial charge in [0, 0.05) is 32.2 Å². The fraction of sp³-hybridized carbons (Fsp3) is 0.619. The number of benzene rings is 1. The largest absolute Gasteiger partial charge is 0.356 e. The molecule has 0 radical (unpaired) electrons. The zero-order valence-corrected chi connectivity index (χ0v) is 16.3. The molecule has 0 spiro atoms. The van der Waals surface area contributed by atoms with Crippen molar-refractivity contribution in [3.63, 3.8) is 0 Å². The van der Waals surface area contributed by atoms with E-state index >= 15 is 0 Å². The summed E-state index contributed by atoms with van der Waals surface area (Å²) in [5.41, 5.74) is 1.82. The lowest BCUT2D eigenvalue weighted by atomic mass is 9.86. The summed E-state index contributed by atoms with van der Waals surface area (Å²) in [4.78, 5) is 16.1. The first kappa shape index (κ1) is 20.3. The highest BCUT2D eigenvalue weighted by Crippen LogP contribution is 2.26. The normalized spacial score (nSPS) is 15.5. The molecule has 1 aromatic rings. The second-order valence-electron chi connectivity index (χ2n) is 7.06. The lowest BCUT2D eigenvalue weighted by Crippen LogP contribution is -2.37. The van der Waals surface area contributed by atoms with Gasteiger partial charge in [-0.3, -0.25) is 9.79 Å². The molecule has 2 rings (SSSR count). The lowest BCUT2D eigenvalue weighted by molar-refractivity contribution is 0.0956. The molecule has 0 aliphatic heterocycles. The topological polar surface area (TPSA) is 65.5 Å². The Morgan fingerprint density at radius 1 is 1.08 bits per heavy atom. The van der Waals surface area contributed by atoms with Crippen molar-refractivity contribution in [2.24, 2.45) is 10.9 Å². The monoisotopic (exact) mass is 358 g/mol. The third-order valence-corrected chi connectivity index (χ3v) is 5.04. The van der Waals surface area contributed by atoms with Crippen molar-refractivity contribution in [2.45, 2.75) is 58.4 Å². The summed E-state index contributed by atoms with van der Waals surface area (Å²) < 4.78 is 0. The highest BCUT2D eigenvalue weighted by Gasteiger charge is 2.12. The molecule has 0 unspecified atom stereocenters. The summed E-state index contributed by atoms with van der Waals surface area (Å²) in [7, 11) is 1.80. The minimum atomic E-state index is -0.0255. The number of nitrogens with zero attached hydrogens (tertiary/aromatic N) is 1. The van der Waals surface area contributed by atoms with Gasteiger partial charge in [-0.1, -0.05) is 44.2 Å². The van der Waals surface area contributed by atoms with Gasteiger partial charge >= 0.3 is 0 Å². The van der Waals surface area contributed by atoms with Crippen molar-refractivity contribution >= 4 is 11.9 Å². The van der Waals surface area contributed by atoms with Crippen LogP contribution in [0.5, 0.6) is 0 Å². The van der Waals surface area contributed by atoms with Crippen LogP contribution < -0.4 is 16.0 Å². The number of rotatable bonds is 8. The van der Waals surface area contributed by atoms with Crippen LogP contribution in [0.3, 0.4) is 0 Å². The van der Waals surface area contributed by atoms with E-state index in [1.807, 2.05) is 31.2 Å². The zero-order chi connectivity index (χ0) is 18.6. The SMILES string of the molecule is CCNC(=O)c1ccc(CNC(=NC)NCCCC2CCCCC2)cc1. The van der Waals surface area contributed by atoms with Crippen molar-refractivity contribution in [1.82, 2.24) is 16.0 Å². The molecule has 1 aromatic carbocycles. The highest BCUT2D eigenvalue weighted by molar-refractivity contribution is 5.94. The third-order valence-electron chi connectivity index (χ3n) is 5.04. The number of hydrogen-bond acceptors (Lipinski definition) is 2. The van der Waals surface area contributed by atoms with Gasteiger partial charge in [0.2, 0.25) is 0 Å². The predicted molar refractivity (Wildman–Crippen MR) is 108 cm³/mol. The molecular weight excluding hydrogens is 324 g/mol. The first-order chi connectivity index (χ1) is 12.7. The van der Waals surface area contributed by atoms with Crippen molar-refractivity contribution in [2.75, 3.05) is 20.1 Å². The third kappa shape index (κ3) is 7.06. The molecule has 0 aromatic heterocycles. The second-order valence-corrected chi connectivity index (χ2v) is 7.06. The molecule has 3 N–H and O–H groups in total. The molecule has 1 aliphatic carbocycles. The standard InChI is InChI=1S/C21H34N4O/c1-3-23-20(26)19-13-11-18(12-14-19)16-25-21(22-2)24-15-7-10-17-8-5-4-6-9-17/h11-14,17H,3-10,15-16H2,1-2H3,(H,23,26)(H2,22,24,25). The molecule has 5 nitrogen and oxygen atoms in total. The van der Waals surface area contributed by atoms with Gasteiger partial charge in [0.1, 0.15) is 0 Å². The van der Waals surface area contributed by atoms with E-state index in [9.17, 15) is 4.79 Å². The Bertz CT molecular complexity index is 562. The minimum absolute atomic E-state index is 0.0255. The first-order valence-corrected chi connectivity index (χ1v) is 10.0. The molecule has 144 valence electrons. The average Bonchev–Trinajstić information content (AvgIpc) is 2.69. The molecule has 1 amide bonds. The van der Waals surface area contributed by atoms with Gasteiger partial charge in [0.25, 0.3) is 5.91 Å².